The molecule has 0 aliphatic carbocycles. The summed E-state index contributed by atoms with van der Waals surface area (Å²) in [6.07, 6.45) is 0.596. The number of benzene rings is 1. The normalized spacial score (nSPS) is 22.2. The lowest BCUT2D eigenvalue weighted by molar-refractivity contribution is 0.171. The molecular weight excluding hydrogens is 354 g/mol. The highest BCUT2D eigenvalue weighted by Crippen LogP contribution is 2.38. The van der Waals surface area contributed by atoms with Gasteiger partial charge in [0.05, 0.1) is 16.5 Å². The van der Waals surface area contributed by atoms with Crippen LogP contribution >= 0.6 is 11.6 Å². The molecule has 2 aliphatic heterocycles. The van der Waals surface area contributed by atoms with Gasteiger partial charge in [0.15, 0.2) is 27.3 Å². The third kappa shape index (κ3) is 4.05. The maximum atomic E-state index is 11.5. The molecule has 1 unspecified atom stereocenters. The molecule has 7 nitrogen and oxygen atoms in total. The zero-order valence-electron chi connectivity index (χ0n) is 13.3. The van der Waals surface area contributed by atoms with Gasteiger partial charge in [-0.15, -0.1) is 0 Å². The predicted octanol–water partition coefficient (Wildman–Crippen LogP) is 0.963. The first kappa shape index (κ1) is 17.2. The Morgan fingerprint density at radius 3 is 2.88 bits per heavy atom. The average molecular weight is 374 g/mol. The van der Waals surface area contributed by atoms with Crippen LogP contribution in [0.5, 0.6) is 11.5 Å². The van der Waals surface area contributed by atoms with Crippen molar-refractivity contribution in [1.82, 2.24) is 10.6 Å². The smallest absolute Gasteiger partial charge is 0.191 e. The standard InChI is InChI=1S/C15H20ClN3O4S/c1-17-15(19-11-2-5-24(20,21)9-11)18-8-10-6-12(16)14-13(7-10)22-3-4-23-14/h6-7,11H,2-5,8-9H2,1H3,(H2,17,18,19). The third-order valence-corrected chi connectivity index (χ3v) is 5.96. The van der Waals surface area contributed by atoms with Crippen molar-refractivity contribution < 1.29 is 17.9 Å². The summed E-state index contributed by atoms with van der Waals surface area (Å²) < 4.78 is 34.1. The van der Waals surface area contributed by atoms with Crippen LogP contribution in [-0.4, -0.2) is 52.2 Å². The van der Waals surface area contributed by atoms with Crippen molar-refractivity contribution in [3.05, 3.63) is 22.7 Å². The monoisotopic (exact) mass is 373 g/mol. The third-order valence-electron chi connectivity index (χ3n) is 3.91. The lowest BCUT2D eigenvalue weighted by atomic mass is 10.2. The Hall–Kier alpha value is -1.67. The van der Waals surface area contributed by atoms with Crippen molar-refractivity contribution >= 4 is 27.4 Å². The van der Waals surface area contributed by atoms with E-state index in [0.717, 1.165) is 5.56 Å². The molecule has 0 radical (unpaired) electrons. The number of rotatable bonds is 3. The average Bonchev–Trinajstić information content (AvgIpc) is 2.90. The first-order valence-corrected chi connectivity index (χ1v) is 9.92. The number of nitrogens with zero attached hydrogens (tertiary/aromatic N) is 1. The summed E-state index contributed by atoms with van der Waals surface area (Å²) in [5.74, 6) is 2.13. The molecule has 24 heavy (non-hydrogen) atoms. The van der Waals surface area contributed by atoms with Gasteiger partial charge >= 0.3 is 0 Å². The fraction of sp³-hybridized carbons (Fsp3) is 0.533. The molecule has 0 bridgehead atoms. The molecule has 1 aromatic rings. The van der Waals surface area contributed by atoms with Crippen molar-refractivity contribution in [2.75, 3.05) is 31.8 Å². The number of ether oxygens (including phenoxy) is 2. The summed E-state index contributed by atoms with van der Waals surface area (Å²) in [6.45, 7) is 1.47. The molecule has 2 aliphatic rings. The number of hydrogen-bond acceptors (Lipinski definition) is 5. The van der Waals surface area contributed by atoms with Crippen LogP contribution in [0.1, 0.15) is 12.0 Å². The molecule has 9 heteroatoms. The Labute approximate surface area is 146 Å². The van der Waals surface area contributed by atoms with E-state index in [-0.39, 0.29) is 17.5 Å². The minimum absolute atomic E-state index is 0.106. The molecule has 1 atom stereocenters. The number of halogens is 1. The van der Waals surface area contributed by atoms with Crippen molar-refractivity contribution in [3.63, 3.8) is 0 Å². The van der Waals surface area contributed by atoms with Gasteiger partial charge in [-0.25, -0.2) is 8.42 Å². The van der Waals surface area contributed by atoms with Gasteiger partial charge in [-0.05, 0) is 24.1 Å². The quantitative estimate of drug-likeness (QED) is 0.606. The van der Waals surface area contributed by atoms with E-state index in [9.17, 15) is 8.42 Å². The van der Waals surface area contributed by atoms with Crippen molar-refractivity contribution in [2.24, 2.45) is 4.99 Å². The van der Waals surface area contributed by atoms with E-state index >= 15 is 0 Å². The topological polar surface area (TPSA) is 89.0 Å². The van der Waals surface area contributed by atoms with Gasteiger partial charge in [0.25, 0.3) is 0 Å². The molecular formula is C15H20ClN3O4S. The maximum absolute atomic E-state index is 11.5. The van der Waals surface area contributed by atoms with Gasteiger partial charge in [0.2, 0.25) is 0 Å². The Morgan fingerprint density at radius 1 is 1.38 bits per heavy atom. The molecule has 1 saturated heterocycles. The second kappa shape index (κ2) is 7.06. The van der Waals surface area contributed by atoms with Crippen LogP contribution in [0.25, 0.3) is 0 Å². The first-order chi connectivity index (χ1) is 11.5. The fourth-order valence-corrected chi connectivity index (χ4v) is 4.71. The van der Waals surface area contributed by atoms with Gasteiger partial charge in [0.1, 0.15) is 13.2 Å². The van der Waals surface area contributed by atoms with Gasteiger partial charge < -0.3 is 20.1 Å². The van der Waals surface area contributed by atoms with Crippen molar-refractivity contribution in [3.8, 4) is 11.5 Å². The summed E-state index contributed by atoms with van der Waals surface area (Å²) in [5.41, 5.74) is 0.922. The molecule has 0 saturated carbocycles. The predicted molar refractivity (Wildman–Crippen MR) is 92.8 cm³/mol. The number of fused-ring (bicyclic) bond motifs is 1. The number of guanidine groups is 1. The minimum Gasteiger partial charge on any atom is -0.486 e. The number of nitrogens with one attached hydrogen (secondary N) is 2. The van der Waals surface area contributed by atoms with E-state index in [1.165, 1.54) is 0 Å². The van der Waals surface area contributed by atoms with Crippen LogP contribution < -0.4 is 20.1 Å². The highest BCUT2D eigenvalue weighted by molar-refractivity contribution is 7.91. The number of aliphatic imine (C=N–C) groups is 1. The van der Waals surface area contributed by atoms with Gasteiger partial charge in [-0.3, -0.25) is 4.99 Å². The van der Waals surface area contributed by atoms with Crippen LogP contribution in [0.4, 0.5) is 0 Å². The molecule has 2 heterocycles. The van der Waals surface area contributed by atoms with E-state index in [4.69, 9.17) is 21.1 Å². The largest absolute Gasteiger partial charge is 0.486 e. The Morgan fingerprint density at radius 2 is 2.17 bits per heavy atom. The van der Waals surface area contributed by atoms with E-state index in [1.807, 2.05) is 12.1 Å². The first-order valence-electron chi connectivity index (χ1n) is 7.72. The van der Waals surface area contributed by atoms with E-state index in [2.05, 4.69) is 15.6 Å². The molecule has 1 aromatic carbocycles. The van der Waals surface area contributed by atoms with Crippen LogP contribution in [0.2, 0.25) is 5.02 Å². The van der Waals surface area contributed by atoms with E-state index in [0.29, 0.717) is 48.7 Å². The highest BCUT2D eigenvalue weighted by atomic mass is 35.5. The Balaban J connectivity index is 1.61. The second-order valence-electron chi connectivity index (χ2n) is 5.77. The van der Waals surface area contributed by atoms with Crippen LogP contribution in [-0.2, 0) is 16.4 Å². The van der Waals surface area contributed by atoms with Crippen LogP contribution in [0, 0.1) is 0 Å². The molecule has 2 N–H and O–H groups in total. The fourth-order valence-electron chi connectivity index (χ4n) is 2.75. The zero-order chi connectivity index (χ0) is 17.2. The number of sulfone groups is 1. The number of hydrogen-bond donors (Lipinski definition) is 2. The maximum Gasteiger partial charge on any atom is 0.191 e. The van der Waals surface area contributed by atoms with E-state index < -0.39 is 9.84 Å². The zero-order valence-corrected chi connectivity index (χ0v) is 14.9. The molecule has 0 spiro atoms. The summed E-state index contributed by atoms with van der Waals surface area (Å²) in [5, 5.41) is 6.81. The van der Waals surface area contributed by atoms with Gasteiger partial charge in [-0.2, -0.15) is 0 Å². The van der Waals surface area contributed by atoms with E-state index in [1.54, 1.807) is 7.05 Å². The van der Waals surface area contributed by atoms with Crippen LogP contribution in [0.3, 0.4) is 0 Å². The molecule has 0 amide bonds. The summed E-state index contributed by atoms with van der Waals surface area (Å²) in [6, 6.07) is 3.58. The summed E-state index contributed by atoms with van der Waals surface area (Å²) in [7, 11) is -1.28. The molecule has 0 aromatic heterocycles. The van der Waals surface area contributed by atoms with Gasteiger partial charge in [-0.1, -0.05) is 11.6 Å². The second-order valence-corrected chi connectivity index (χ2v) is 8.41. The Bertz CT molecular complexity index is 751. The highest BCUT2D eigenvalue weighted by Gasteiger charge is 2.28. The lowest BCUT2D eigenvalue weighted by Gasteiger charge is -2.21. The van der Waals surface area contributed by atoms with Crippen molar-refractivity contribution in [2.45, 2.75) is 19.0 Å². The van der Waals surface area contributed by atoms with Crippen LogP contribution in [0.15, 0.2) is 17.1 Å². The summed E-state index contributed by atoms with van der Waals surface area (Å²) >= 11 is 6.22. The molecule has 132 valence electrons. The molecule has 3 rings (SSSR count). The summed E-state index contributed by atoms with van der Waals surface area (Å²) in [4.78, 5) is 4.13. The van der Waals surface area contributed by atoms with Crippen molar-refractivity contribution in [1.29, 1.82) is 0 Å². The SMILES string of the molecule is CN=C(NCc1cc(Cl)c2c(c1)OCCO2)NC1CCS(=O)(=O)C1. The minimum atomic E-state index is -2.93. The van der Waals surface area contributed by atoms with Gasteiger partial charge in [0, 0.05) is 19.6 Å². The lowest BCUT2D eigenvalue weighted by Crippen LogP contribution is -2.43. The Kier molecular flexibility index (Phi) is 5.05. The molecule has 1 fully saturated rings.